The van der Waals surface area contributed by atoms with Crippen molar-refractivity contribution >= 4 is 0 Å². The van der Waals surface area contributed by atoms with Crippen molar-refractivity contribution in [1.82, 2.24) is 14.7 Å². The van der Waals surface area contributed by atoms with Crippen LogP contribution in [0.4, 0.5) is 0 Å². The smallest absolute Gasteiger partial charge is 0.133 e. The first-order valence-corrected chi connectivity index (χ1v) is 4.84. The monoisotopic (exact) mass is 203 g/mol. The van der Waals surface area contributed by atoms with E-state index in [0.717, 1.165) is 13.1 Å². The Morgan fingerprint density at radius 1 is 0.929 bits per heavy atom. The van der Waals surface area contributed by atoms with Crippen LogP contribution in [0.15, 0.2) is 0 Å². The van der Waals surface area contributed by atoms with Crippen molar-refractivity contribution < 1.29 is 0 Å². The van der Waals surface area contributed by atoms with E-state index in [4.69, 9.17) is 11.5 Å². The third-order valence-corrected chi connectivity index (χ3v) is 2.28. The molecule has 0 spiro atoms. The van der Waals surface area contributed by atoms with Crippen LogP contribution in [0.1, 0.15) is 0 Å². The fourth-order valence-corrected chi connectivity index (χ4v) is 1.02. The van der Waals surface area contributed by atoms with Crippen LogP contribution < -0.4 is 11.5 Å². The summed E-state index contributed by atoms with van der Waals surface area (Å²) in [7, 11) is 9.91. The molecule has 4 N–H and O–H groups in total. The first-order chi connectivity index (χ1) is 6.25. The van der Waals surface area contributed by atoms with Gasteiger partial charge >= 0.3 is 0 Å². The molecule has 5 nitrogen and oxygen atoms in total. The largest absolute Gasteiger partial charge is 0.308 e. The second-order valence-corrected chi connectivity index (χ2v) is 4.43. The maximum absolute atomic E-state index is 5.92. The van der Waals surface area contributed by atoms with E-state index in [9.17, 15) is 0 Å². The summed E-state index contributed by atoms with van der Waals surface area (Å²) in [5, 5.41) is 0. The third-order valence-electron chi connectivity index (χ3n) is 2.28. The molecule has 0 aromatic carbocycles. The van der Waals surface area contributed by atoms with Gasteiger partial charge in [-0.15, -0.1) is 0 Å². The van der Waals surface area contributed by atoms with Gasteiger partial charge < -0.3 is 9.80 Å². The molecule has 0 radical (unpaired) electrons. The lowest BCUT2D eigenvalue weighted by Crippen LogP contribution is -2.66. The van der Waals surface area contributed by atoms with Crippen molar-refractivity contribution in [3.8, 4) is 0 Å². The van der Waals surface area contributed by atoms with Crippen molar-refractivity contribution in [3.05, 3.63) is 0 Å². The highest BCUT2D eigenvalue weighted by atomic mass is 15.4. The van der Waals surface area contributed by atoms with Crippen molar-refractivity contribution in [1.29, 1.82) is 0 Å². The molecule has 0 aliphatic rings. The maximum Gasteiger partial charge on any atom is 0.133 e. The Balaban J connectivity index is 3.87. The molecular formula is C9H25N5. The van der Waals surface area contributed by atoms with Crippen LogP contribution >= 0.6 is 0 Å². The Morgan fingerprint density at radius 3 is 1.79 bits per heavy atom. The Hall–Kier alpha value is -0.200. The average molecular weight is 203 g/mol. The lowest BCUT2D eigenvalue weighted by atomic mass is 10.3. The van der Waals surface area contributed by atoms with Crippen molar-refractivity contribution in [2.75, 3.05) is 54.9 Å². The van der Waals surface area contributed by atoms with Gasteiger partial charge in [-0.05, 0) is 35.2 Å². The first-order valence-electron chi connectivity index (χ1n) is 4.84. The van der Waals surface area contributed by atoms with Crippen LogP contribution in [0.2, 0.25) is 0 Å². The minimum absolute atomic E-state index is 0.661. The number of hydrogen-bond donors (Lipinski definition) is 2. The Labute approximate surface area is 87.6 Å². The van der Waals surface area contributed by atoms with E-state index in [1.165, 1.54) is 0 Å². The molecule has 0 rings (SSSR count). The molecule has 5 heteroatoms. The van der Waals surface area contributed by atoms with E-state index in [1.807, 2.05) is 26.0 Å². The molecule has 0 heterocycles. The van der Waals surface area contributed by atoms with Gasteiger partial charge in [-0.3, -0.25) is 16.4 Å². The van der Waals surface area contributed by atoms with E-state index < -0.39 is 5.79 Å². The summed E-state index contributed by atoms with van der Waals surface area (Å²) in [4.78, 5) is 6.11. The highest BCUT2D eigenvalue weighted by Crippen LogP contribution is 1.97. The summed E-state index contributed by atoms with van der Waals surface area (Å²) in [6.45, 7) is 2.64. The number of rotatable bonds is 6. The Kier molecular flexibility index (Phi) is 5.54. The average Bonchev–Trinajstić information content (AvgIpc) is 1.99. The Bertz CT molecular complexity index is 155. The minimum Gasteiger partial charge on any atom is -0.308 e. The van der Waals surface area contributed by atoms with Crippen LogP contribution in [0.25, 0.3) is 0 Å². The molecule has 14 heavy (non-hydrogen) atoms. The summed E-state index contributed by atoms with van der Waals surface area (Å²) in [6.07, 6.45) is 0. The van der Waals surface area contributed by atoms with Gasteiger partial charge in [0.1, 0.15) is 5.79 Å². The fourth-order valence-electron chi connectivity index (χ4n) is 1.02. The first kappa shape index (κ1) is 13.8. The summed E-state index contributed by atoms with van der Waals surface area (Å²) in [5.74, 6) is -0.749. The predicted octanol–water partition coefficient (Wildman–Crippen LogP) is -1.39. The zero-order chi connectivity index (χ0) is 11.4. The topological polar surface area (TPSA) is 61.8 Å². The van der Waals surface area contributed by atoms with Gasteiger partial charge in [0.15, 0.2) is 0 Å². The molecule has 0 unspecified atom stereocenters. The van der Waals surface area contributed by atoms with Crippen LogP contribution in [0.3, 0.4) is 0 Å². The standard InChI is InChI=1S/C9H25N5/c1-12(2)6-7-14(5)8-9(10,11)13(3)4/h6-8,10-11H2,1-5H3. The second kappa shape index (κ2) is 5.63. The maximum atomic E-state index is 5.92. The molecule has 0 aliphatic heterocycles. The van der Waals surface area contributed by atoms with Crippen LogP contribution in [-0.4, -0.2) is 75.4 Å². The Morgan fingerprint density at radius 2 is 1.43 bits per heavy atom. The summed E-state index contributed by atoms with van der Waals surface area (Å²) in [5.41, 5.74) is 11.8. The second-order valence-electron chi connectivity index (χ2n) is 4.43. The molecule has 0 atom stereocenters. The number of likely N-dealkylation sites (N-methyl/N-ethyl adjacent to an activating group) is 3. The molecule has 86 valence electrons. The van der Waals surface area contributed by atoms with Gasteiger partial charge in [-0.25, -0.2) is 0 Å². The normalized spacial score (nSPS) is 13.3. The SMILES string of the molecule is CN(C)CCN(C)CC(N)(N)N(C)C. The van der Waals surface area contributed by atoms with E-state index in [-0.39, 0.29) is 0 Å². The number of hydrogen-bond acceptors (Lipinski definition) is 5. The zero-order valence-corrected chi connectivity index (χ0v) is 10.1. The van der Waals surface area contributed by atoms with E-state index in [2.05, 4.69) is 23.9 Å². The molecule has 0 fully saturated rings. The summed E-state index contributed by atoms with van der Waals surface area (Å²) < 4.78 is 0. The van der Waals surface area contributed by atoms with Crippen LogP contribution in [0.5, 0.6) is 0 Å². The molecule has 0 saturated carbocycles. The van der Waals surface area contributed by atoms with Crippen LogP contribution in [0, 0.1) is 0 Å². The highest BCUT2D eigenvalue weighted by Gasteiger charge is 2.23. The number of nitrogens with two attached hydrogens (primary N) is 2. The molecule has 0 saturated heterocycles. The molecule has 0 bridgehead atoms. The predicted molar refractivity (Wildman–Crippen MR) is 60.8 cm³/mol. The van der Waals surface area contributed by atoms with Gasteiger partial charge in [0.2, 0.25) is 0 Å². The lowest BCUT2D eigenvalue weighted by Gasteiger charge is -2.35. The fraction of sp³-hybridized carbons (Fsp3) is 1.00. The van der Waals surface area contributed by atoms with Gasteiger partial charge in [0.25, 0.3) is 0 Å². The van der Waals surface area contributed by atoms with Crippen LogP contribution in [-0.2, 0) is 0 Å². The van der Waals surface area contributed by atoms with E-state index >= 15 is 0 Å². The molecule has 0 amide bonds. The van der Waals surface area contributed by atoms with Gasteiger partial charge in [-0.2, -0.15) is 0 Å². The number of nitrogens with zero attached hydrogens (tertiary/aromatic N) is 3. The van der Waals surface area contributed by atoms with Crippen molar-refractivity contribution in [3.63, 3.8) is 0 Å². The third kappa shape index (κ3) is 5.51. The quantitative estimate of drug-likeness (QED) is 0.521. The lowest BCUT2D eigenvalue weighted by molar-refractivity contribution is 0.108. The molecule has 0 aliphatic carbocycles. The summed E-state index contributed by atoms with van der Waals surface area (Å²) in [6, 6.07) is 0. The van der Waals surface area contributed by atoms with Gasteiger partial charge in [0.05, 0.1) is 0 Å². The minimum atomic E-state index is -0.749. The highest BCUT2D eigenvalue weighted by molar-refractivity contribution is 4.77. The van der Waals surface area contributed by atoms with Gasteiger partial charge in [-0.1, -0.05) is 0 Å². The molecule has 0 aromatic rings. The van der Waals surface area contributed by atoms with Gasteiger partial charge in [0, 0.05) is 19.6 Å². The van der Waals surface area contributed by atoms with Crippen molar-refractivity contribution in [2.45, 2.75) is 5.79 Å². The van der Waals surface area contributed by atoms with E-state index in [1.54, 1.807) is 0 Å². The molecule has 0 aromatic heterocycles. The molecular weight excluding hydrogens is 178 g/mol. The van der Waals surface area contributed by atoms with Crippen molar-refractivity contribution in [2.24, 2.45) is 11.5 Å². The van der Waals surface area contributed by atoms with E-state index in [0.29, 0.717) is 6.54 Å². The zero-order valence-electron chi connectivity index (χ0n) is 10.1. The summed E-state index contributed by atoms with van der Waals surface area (Å²) >= 11 is 0.